The van der Waals surface area contributed by atoms with Gasteiger partial charge in [-0.25, -0.2) is 4.98 Å². The monoisotopic (exact) mass is 562 g/mol. The van der Waals surface area contributed by atoms with Crippen molar-refractivity contribution in [1.82, 2.24) is 14.1 Å². The molecule has 7 aromatic rings. The van der Waals surface area contributed by atoms with Gasteiger partial charge in [0.05, 0.1) is 22.4 Å². The molecular formula is C38H34N4O. The zero-order valence-electron chi connectivity index (χ0n) is 25.2. The van der Waals surface area contributed by atoms with Crippen LogP contribution >= 0.6 is 0 Å². The van der Waals surface area contributed by atoms with E-state index in [1.165, 1.54) is 22.1 Å². The first-order chi connectivity index (χ1) is 20.7. The minimum absolute atomic E-state index is 0.0189. The second-order valence-electron chi connectivity index (χ2n) is 12.2. The standard InChI is InChI=1S/C38H34N4O/c1-26-13-14-27(2)35(21-26)41-20-19-40(25-41)29-9-8-10-30(23-29)43-31-15-16-33-32-11-6-7-12-34(32)42(36(33)24-31)37-22-28(17-18-39-37)38(3,4)5/h6-24H,1-5H3. The topological polar surface area (TPSA) is 35.9 Å². The lowest BCUT2D eigenvalue weighted by atomic mass is 9.88. The molecule has 7 rings (SSSR count). The van der Waals surface area contributed by atoms with E-state index in [1.54, 1.807) is 0 Å². The van der Waals surface area contributed by atoms with Crippen molar-refractivity contribution in [3.8, 4) is 28.7 Å². The zero-order chi connectivity index (χ0) is 29.7. The molecule has 5 nitrogen and oxygen atoms in total. The van der Waals surface area contributed by atoms with Crippen molar-refractivity contribution in [2.24, 2.45) is 0 Å². The molecule has 0 aliphatic carbocycles. The molecule has 0 unspecified atom stereocenters. The van der Waals surface area contributed by atoms with Crippen molar-refractivity contribution in [2.45, 2.75) is 40.0 Å². The van der Waals surface area contributed by atoms with E-state index in [0.717, 1.165) is 45.1 Å². The molecule has 0 atom stereocenters. The van der Waals surface area contributed by atoms with Crippen LogP contribution in [-0.4, -0.2) is 14.1 Å². The van der Waals surface area contributed by atoms with Gasteiger partial charge in [0.15, 0.2) is 0 Å². The fourth-order valence-corrected chi connectivity index (χ4v) is 5.67. The van der Waals surface area contributed by atoms with Crippen LogP contribution in [0, 0.1) is 20.2 Å². The van der Waals surface area contributed by atoms with Gasteiger partial charge in [-0.2, -0.15) is 0 Å². The number of benzene rings is 4. The third-order valence-electron chi connectivity index (χ3n) is 8.02. The Labute approximate surface area is 252 Å². The van der Waals surface area contributed by atoms with Gasteiger partial charge in [0.2, 0.25) is 0 Å². The molecule has 0 saturated heterocycles. The molecule has 0 aliphatic heterocycles. The normalized spacial score (nSPS) is 11.8. The molecule has 3 heterocycles. The summed E-state index contributed by atoms with van der Waals surface area (Å²) in [6.07, 6.45) is 9.41. The van der Waals surface area contributed by atoms with Gasteiger partial charge >= 0.3 is 0 Å². The summed E-state index contributed by atoms with van der Waals surface area (Å²) in [5.74, 6) is 2.42. The molecule has 0 fully saturated rings. The average Bonchev–Trinajstić information content (AvgIpc) is 3.61. The van der Waals surface area contributed by atoms with Crippen molar-refractivity contribution in [3.63, 3.8) is 0 Å². The summed E-state index contributed by atoms with van der Waals surface area (Å²) >= 11 is 0. The molecular weight excluding hydrogens is 528 g/mol. The highest BCUT2D eigenvalue weighted by atomic mass is 16.5. The highest BCUT2D eigenvalue weighted by molar-refractivity contribution is 6.09. The Balaban J connectivity index is 1.26. The third-order valence-corrected chi connectivity index (χ3v) is 8.02. The van der Waals surface area contributed by atoms with Crippen LogP contribution in [0.1, 0.15) is 37.5 Å². The van der Waals surface area contributed by atoms with Crippen LogP contribution in [0.25, 0.3) is 39.0 Å². The van der Waals surface area contributed by atoms with Crippen molar-refractivity contribution < 1.29 is 9.30 Å². The first-order valence-electron chi connectivity index (χ1n) is 14.6. The first kappa shape index (κ1) is 26.7. The van der Waals surface area contributed by atoms with Gasteiger partial charge in [-0.1, -0.05) is 62.7 Å². The minimum Gasteiger partial charge on any atom is -0.458 e. The summed E-state index contributed by atoms with van der Waals surface area (Å²) in [6.45, 7) is 10.9. The molecule has 0 amide bonds. The number of pyridine rings is 1. The van der Waals surface area contributed by atoms with Crippen LogP contribution < -0.4 is 9.30 Å². The summed E-state index contributed by atoms with van der Waals surface area (Å²) in [5.41, 5.74) is 7.96. The molecule has 0 aliphatic rings. The summed E-state index contributed by atoms with van der Waals surface area (Å²) in [6, 6.07) is 33.6. The summed E-state index contributed by atoms with van der Waals surface area (Å²) in [5, 5.41) is 2.35. The van der Waals surface area contributed by atoms with Gasteiger partial charge in [-0.3, -0.25) is 13.7 Å². The number of ether oxygens (including phenoxy) is 1. The summed E-state index contributed by atoms with van der Waals surface area (Å²) < 4.78 is 12.7. The predicted octanol–water partition coefficient (Wildman–Crippen LogP) is 8.75. The maximum Gasteiger partial charge on any atom is 0.268 e. The zero-order valence-corrected chi connectivity index (χ0v) is 25.2. The number of hydrogen-bond donors (Lipinski definition) is 0. The second kappa shape index (κ2) is 10.3. The Bertz CT molecular complexity index is 2130. The lowest BCUT2D eigenvalue weighted by Gasteiger charge is -2.20. The fraction of sp³-hybridized carbons (Fsp3) is 0.158. The van der Waals surface area contributed by atoms with Crippen molar-refractivity contribution in [2.75, 3.05) is 0 Å². The largest absolute Gasteiger partial charge is 0.458 e. The number of rotatable bonds is 5. The second-order valence-corrected chi connectivity index (χ2v) is 12.2. The molecule has 0 radical (unpaired) electrons. The van der Waals surface area contributed by atoms with Gasteiger partial charge in [0.1, 0.15) is 17.3 Å². The molecule has 0 bridgehead atoms. The number of nitrogens with zero attached hydrogens (tertiary/aromatic N) is 4. The van der Waals surface area contributed by atoms with Crippen LogP contribution in [-0.2, 0) is 5.41 Å². The number of hydrogen-bond acceptors (Lipinski definition) is 2. The molecule has 3 aromatic heterocycles. The first-order valence-corrected chi connectivity index (χ1v) is 14.6. The van der Waals surface area contributed by atoms with Crippen molar-refractivity contribution in [1.29, 1.82) is 0 Å². The van der Waals surface area contributed by atoms with Crippen molar-refractivity contribution in [3.05, 3.63) is 139 Å². The van der Waals surface area contributed by atoms with Gasteiger partial charge < -0.3 is 4.74 Å². The molecule has 212 valence electrons. The molecule has 4 aromatic carbocycles. The number of fused-ring (bicyclic) bond motifs is 3. The number of para-hydroxylation sites is 1. The maximum absolute atomic E-state index is 6.47. The van der Waals surface area contributed by atoms with Gasteiger partial charge in [-0.05, 0) is 85.0 Å². The molecule has 0 saturated carbocycles. The Morgan fingerprint density at radius 1 is 0.767 bits per heavy atom. The maximum atomic E-state index is 6.47. The number of aromatic nitrogens is 4. The van der Waals surface area contributed by atoms with Crippen LogP contribution in [0.15, 0.2) is 116 Å². The van der Waals surface area contributed by atoms with Gasteiger partial charge in [-0.15, -0.1) is 0 Å². The van der Waals surface area contributed by atoms with Crippen LogP contribution in [0.4, 0.5) is 0 Å². The number of imidazole rings is 1. The van der Waals surface area contributed by atoms with Crippen molar-refractivity contribution >= 4 is 21.8 Å². The molecule has 0 N–H and O–H groups in total. The van der Waals surface area contributed by atoms with Crippen LogP contribution in [0.5, 0.6) is 11.5 Å². The van der Waals surface area contributed by atoms with E-state index in [-0.39, 0.29) is 5.41 Å². The Kier molecular flexibility index (Phi) is 6.39. The van der Waals surface area contributed by atoms with Gasteiger partial charge in [0, 0.05) is 35.4 Å². The van der Waals surface area contributed by atoms with E-state index >= 15 is 0 Å². The molecule has 5 heteroatoms. The number of aryl methyl sites for hydroxylation is 2. The minimum atomic E-state index is 0.0189. The molecule has 43 heavy (non-hydrogen) atoms. The fourth-order valence-electron chi connectivity index (χ4n) is 5.67. The average molecular weight is 563 g/mol. The Morgan fingerprint density at radius 2 is 1.58 bits per heavy atom. The predicted molar refractivity (Wildman–Crippen MR) is 173 cm³/mol. The van der Waals surface area contributed by atoms with E-state index in [0.29, 0.717) is 0 Å². The van der Waals surface area contributed by atoms with E-state index < -0.39 is 0 Å². The quantitative estimate of drug-likeness (QED) is 0.155. The highest BCUT2D eigenvalue weighted by Crippen LogP contribution is 2.36. The lowest BCUT2D eigenvalue weighted by molar-refractivity contribution is -0.599. The summed E-state index contributed by atoms with van der Waals surface area (Å²) in [4.78, 5) is 4.80. The van der Waals surface area contributed by atoms with E-state index in [1.807, 2.05) is 52.0 Å². The Morgan fingerprint density at radius 3 is 2.44 bits per heavy atom. The van der Waals surface area contributed by atoms with Crippen LogP contribution in [0.3, 0.4) is 0 Å². The SMILES string of the molecule is Cc1ccc(C)c(-[n+]2[c-]n(-c3cccc(Oc4ccc5c6ccccc6n(-c6cc(C(C)(C)C)ccn6)c5c4)c3)cc2)c1. The Hall–Kier alpha value is -5.16. The van der Waals surface area contributed by atoms with E-state index in [9.17, 15) is 0 Å². The van der Waals surface area contributed by atoms with E-state index in [2.05, 4.69) is 118 Å². The highest BCUT2D eigenvalue weighted by Gasteiger charge is 2.18. The summed E-state index contributed by atoms with van der Waals surface area (Å²) in [7, 11) is 0. The van der Waals surface area contributed by atoms with Gasteiger partial charge in [0.25, 0.3) is 6.33 Å². The smallest absolute Gasteiger partial charge is 0.268 e. The lowest BCUT2D eigenvalue weighted by Crippen LogP contribution is -2.29. The van der Waals surface area contributed by atoms with Crippen LogP contribution in [0.2, 0.25) is 0 Å². The van der Waals surface area contributed by atoms with E-state index in [4.69, 9.17) is 9.72 Å². The third kappa shape index (κ3) is 4.97. The molecule has 0 spiro atoms.